The molecule has 2 rings (SSSR count). The molecule has 1 fully saturated rings. The van der Waals surface area contributed by atoms with Crippen LogP contribution in [0.2, 0.25) is 0 Å². The fourth-order valence-corrected chi connectivity index (χ4v) is 3.37. The van der Waals surface area contributed by atoms with Crippen molar-refractivity contribution in [3.8, 4) is 5.75 Å². The lowest BCUT2D eigenvalue weighted by molar-refractivity contribution is 0.0532. The molecule has 0 bridgehead atoms. The van der Waals surface area contributed by atoms with E-state index in [1.54, 1.807) is 0 Å². The molecule has 0 spiro atoms. The van der Waals surface area contributed by atoms with E-state index in [1.165, 1.54) is 0 Å². The van der Waals surface area contributed by atoms with E-state index in [-0.39, 0.29) is 30.1 Å². The van der Waals surface area contributed by atoms with Gasteiger partial charge in [0.25, 0.3) is 0 Å². The van der Waals surface area contributed by atoms with Crippen molar-refractivity contribution in [3.63, 3.8) is 0 Å². The first-order valence-electron chi connectivity index (χ1n) is 11.2. The van der Waals surface area contributed by atoms with Crippen LogP contribution in [0.1, 0.15) is 47.0 Å². The van der Waals surface area contributed by atoms with Crippen LogP contribution >= 0.6 is 24.0 Å². The highest BCUT2D eigenvalue weighted by Crippen LogP contribution is 2.13. The van der Waals surface area contributed by atoms with E-state index in [1.807, 2.05) is 30.3 Å². The number of aliphatic imine (C=N–C) groups is 1. The molecule has 2 N–H and O–H groups in total. The van der Waals surface area contributed by atoms with Crippen molar-refractivity contribution in [2.24, 2.45) is 4.99 Å². The van der Waals surface area contributed by atoms with Crippen molar-refractivity contribution in [2.45, 2.75) is 65.2 Å². The summed E-state index contributed by atoms with van der Waals surface area (Å²) in [5, 5.41) is 7.00. The van der Waals surface area contributed by atoms with Gasteiger partial charge in [0, 0.05) is 32.2 Å². The van der Waals surface area contributed by atoms with Crippen LogP contribution in [0.4, 0.5) is 0 Å². The third kappa shape index (κ3) is 10.8. The second-order valence-electron chi connectivity index (χ2n) is 7.86. The molecule has 1 aromatic carbocycles. The summed E-state index contributed by atoms with van der Waals surface area (Å²) < 4.78 is 11.7. The number of halogens is 1. The highest BCUT2D eigenvalue weighted by atomic mass is 127. The second kappa shape index (κ2) is 15.7. The lowest BCUT2D eigenvalue weighted by Crippen LogP contribution is -2.49. The standard InChI is InChI=1S/C23H40N4O2.HI/c1-5-21(29-22-10-8-7-9-11-22)18-25-23(24-6-2)26-20-12-14-27(15-13-20)16-17-28-19(3)4;/h7-11,19-21H,5-6,12-18H2,1-4H3,(H2,24,25,26);1H. The zero-order valence-electron chi connectivity index (χ0n) is 19.1. The molecule has 1 saturated heterocycles. The van der Waals surface area contributed by atoms with Crippen LogP contribution in [0.3, 0.4) is 0 Å². The summed E-state index contributed by atoms with van der Waals surface area (Å²) in [7, 11) is 0. The van der Waals surface area contributed by atoms with Crippen molar-refractivity contribution >= 4 is 29.9 Å². The number of nitrogens with one attached hydrogen (secondary N) is 2. The molecule has 1 aromatic rings. The minimum Gasteiger partial charge on any atom is -0.489 e. The second-order valence-corrected chi connectivity index (χ2v) is 7.86. The van der Waals surface area contributed by atoms with Crippen LogP contribution in [-0.2, 0) is 4.74 Å². The van der Waals surface area contributed by atoms with Crippen molar-refractivity contribution in [1.82, 2.24) is 15.5 Å². The topological polar surface area (TPSA) is 58.1 Å². The lowest BCUT2D eigenvalue weighted by Gasteiger charge is -2.33. The number of ether oxygens (including phenoxy) is 2. The number of guanidine groups is 1. The SMILES string of the molecule is CCNC(=NCC(CC)Oc1ccccc1)NC1CCN(CCOC(C)C)CC1.I. The van der Waals surface area contributed by atoms with Crippen molar-refractivity contribution in [2.75, 3.05) is 39.3 Å². The van der Waals surface area contributed by atoms with Crippen LogP contribution in [-0.4, -0.2) is 68.4 Å². The maximum Gasteiger partial charge on any atom is 0.191 e. The Morgan fingerprint density at radius 2 is 1.87 bits per heavy atom. The van der Waals surface area contributed by atoms with Gasteiger partial charge in [-0.2, -0.15) is 0 Å². The number of benzene rings is 1. The smallest absolute Gasteiger partial charge is 0.191 e. The third-order valence-electron chi connectivity index (χ3n) is 5.09. The van der Waals surface area contributed by atoms with E-state index < -0.39 is 0 Å². The molecule has 0 radical (unpaired) electrons. The Morgan fingerprint density at radius 1 is 1.17 bits per heavy atom. The maximum atomic E-state index is 6.07. The van der Waals surface area contributed by atoms with Gasteiger partial charge in [0.15, 0.2) is 5.96 Å². The molecule has 1 aliphatic heterocycles. The van der Waals surface area contributed by atoms with Gasteiger partial charge in [0.05, 0.1) is 19.3 Å². The average molecular weight is 533 g/mol. The first-order chi connectivity index (χ1) is 14.1. The number of hydrogen-bond acceptors (Lipinski definition) is 4. The Morgan fingerprint density at radius 3 is 2.47 bits per heavy atom. The van der Waals surface area contributed by atoms with Gasteiger partial charge in [-0.1, -0.05) is 25.1 Å². The molecule has 0 saturated carbocycles. The molecule has 1 unspecified atom stereocenters. The van der Waals surface area contributed by atoms with Gasteiger partial charge in [-0.05, 0) is 52.2 Å². The average Bonchev–Trinajstić information content (AvgIpc) is 2.73. The minimum absolute atomic E-state index is 0. The highest BCUT2D eigenvalue weighted by Gasteiger charge is 2.20. The van der Waals surface area contributed by atoms with E-state index >= 15 is 0 Å². The first-order valence-corrected chi connectivity index (χ1v) is 11.2. The highest BCUT2D eigenvalue weighted by molar-refractivity contribution is 14.0. The zero-order valence-corrected chi connectivity index (χ0v) is 21.4. The van der Waals surface area contributed by atoms with Gasteiger partial charge < -0.3 is 25.0 Å². The van der Waals surface area contributed by atoms with Crippen LogP contribution < -0.4 is 15.4 Å². The summed E-state index contributed by atoms with van der Waals surface area (Å²) in [6, 6.07) is 10.5. The molecule has 6 nitrogen and oxygen atoms in total. The third-order valence-corrected chi connectivity index (χ3v) is 5.09. The summed E-state index contributed by atoms with van der Waals surface area (Å²) in [6.07, 6.45) is 3.57. The van der Waals surface area contributed by atoms with Crippen molar-refractivity contribution in [3.05, 3.63) is 30.3 Å². The molecule has 7 heteroatoms. The van der Waals surface area contributed by atoms with Gasteiger partial charge in [-0.3, -0.25) is 0 Å². The predicted molar refractivity (Wildman–Crippen MR) is 136 cm³/mol. The summed E-state index contributed by atoms with van der Waals surface area (Å²) in [5.74, 6) is 1.80. The minimum atomic E-state index is 0. The Labute approximate surface area is 200 Å². The number of para-hydroxylation sites is 1. The van der Waals surface area contributed by atoms with Gasteiger partial charge in [0.1, 0.15) is 11.9 Å². The fraction of sp³-hybridized carbons (Fsp3) is 0.696. The van der Waals surface area contributed by atoms with Gasteiger partial charge in [-0.15, -0.1) is 24.0 Å². The molecule has 0 aliphatic carbocycles. The number of rotatable bonds is 11. The molecule has 1 aliphatic rings. The van der Waals surface area contributed by atoms with Crippen LogP contribution in [0.15, 0.2) is 35.3 Å². The first kappa shape index (κ1) is 27.0. The quantitative estimate of drug-likeness (QED) is 0.257. The predicted octanol–water partition coefficient (Wildman–Crippen LogP) is 3.91. The molecular weight excluding hydrogens is 491 g/mol. The lowest BCUT2D eigenvalue weighted by atomic mass is 10.1. The molecular formula is C23H41IN4O2. The largest absolute Gasteiger partial charge is 0.489 e. The Kier molecular flexibility index (Phi) is 14.1. The molecule has 0 amide bonds. The number of likely N-dealkylation sites (tertiary alicyclic amines) is 1. The zero-order chi connectivity index (χ0) is 20.9. The number of piperidine rings is 1. The Hall–Kier alpha value is -1.06. The van der Waals surface area contributed by atoms with E-state index in [0.717, 1.165) is 63.8 Å². The Bertz CT molecular complexity index is 578. The normalized spacial score (nSPS) is 16.8. The van der Waals surface area contributed by atoms with Crippen LogP contribution in [0, 0.1) is 0 Å². The van der Waals surface area contributed by atoms with Gasteiger partial charge in [-0.25, -0.2) is 4.99 Å². The molecule has 30 heavy (non-hydrogen) atoms. The van der Waals surface area contributed by atoms with E-state index in [4.69, 9.17) is 14.5 Å². The fourth-order valence-electron chi connectivity index (χ4n) is 3.37. The number of nitrogens with zero attached hydrogens (tertiary/aromatic N) is 2. The van der Waals surface area contributed by atoms with Gasteiger partial charge >= 0.3 is 0 Å². The van der Waals surface area contributed by atoms with Gasteiger partial charge in [0.2, 0.25) is 0 Å². The molecule has 1 atom stereocenters. The summed E-state index contributed by atoms with van der Waals surface area (Å²) >= 11 is 0. The van der Waals surface area contributed by atoms with Crippen LogP contribution in [0.5, 0.6) is 5.75 Å². The Balaban J connectivity index is 0.00000450. The molecule has 1 heterocycles. The maximum absolute atomic E-state index is 6.07. The summed E-state index contributed by atoms with van der Waals surface area (Å²) in [6.45, 7) is 14.0. The van der Waals surface area contributed by atoms with E-state index in [9.17, 15) is 0 Å². The molecule has 0 aromatic heterocycles. The number of hydrogen-bond donors (Lipinski definition) is 2. The van der Waals surface area contributed by atoms with Crippen LogP contribution in [0.25, 0.3) is 0 Å². The summed E-state index contributed by atoms with van der Waals surface area (Å²) in [4.78, 5) is 7.29. The van der Waals surface area contributed by atoms with E-state index in [2.05, 4.69) is 43.2 Å². The molecule has 172 valence electrons. The van der Waals surface area contributed by atoms with Crippen molar-refractivity contribution in [1.29, 1.82) is 0 Å². The monoisotopic (exact) mass is 532 g/mol. The van der Waals surface area contributed by atoms with E-state index in [0.29, 0.717) is 18.7 Å². The summed E-state index contributed by atoms with van der Waals surface area (Å²) in [5.41, 5.74) is 0. The van der Waals surface area contributed by atoms with Crippen molar-refractivity contribution < 1.29 is 9.47 Å².